The number of hydrogen-bond donors (Lipinski definition) is 1. The minimum atomic E-state index is 0.0603. The minimum Gasteiger partial charge on any atom is -0.492 e. The fraction of sp³-hybridized carbons (Fsp3) is 0.524. The Labute approximate surface area is 164 Å². The Balaban J connectivity index is 1.77. The van der Waals surface area contributed by atoms with Gasteiger partial charge in [-0.2, -0.15) is 4.52 Å². The smallest absolute Gasteiger partial charge is 0.230 e. The van der Waals surface area contributed by atoms with Gasteiger partial charge in [0, 0.05) is 6.42 Å². The fourth-order valence-corrected chi connectivity index (χ4v) is 5.02. The van der Waals surface area contributed by atoms with Crippen LogP contribution in [0.3, 0.4) is 0 Å². The molecule has 5 nitrogen and oxygen atoms in total. The summed E-state index contributed by atoms with van der Waals surface area (Å²) in [5, 5.41) is 15.4. The van der Waals surface area contributed by atoms with E-state index in [-0.39, 0.29) is 11.9 Å². The lowest BCUT2D eigenvalue weighted by molar-refractivity contribution is 0.186. The van der Waals surface area contributed by atoms with E-state index in [0.29, 0.717) is 5.92 Å². The van der Waals surface area contributed by atoms with E-state index in [1.54, 1.807) is 15.9 Å². The topological polar surface area (TPSA) is 53.7 Å². The molecule has 1 aliphatic rings. The highest BCUT2D eigenvalue weighted by Gasteiger charge is 2.30. The highest BCUT2D eigenvalue weighted by atomic mass is 32.1. The number of piperidine rings is 1. The van der Waals surface area contributed by atoms with Crippen LogP contribution in [-0.2, 0) is 6.42 Å². The summed E-state index contributed by atoms with van der Waals surface area (Å²) in [5.41, 5.74) is 2.58. The third-order valence-electron chi connectivity index (χ3n) is 5.48. The van der Waals surface area contributed by atoms with Crippen molar-refractivity contribution in [2.75, 3.05) is 13.1 Å². The molecule has 1 fully saturated rings. The maximum absolute atomic E-state index is 10.9. The maximum atomic E-state index is 10.9. The highest BCUT2D eigenvalue weighted by Crippen LogP contribution is 2.41. The Morgan fingerprint density at radius 3 is 2.33 bits per heavy atom. The lowest BCUT2D eigenvalue weighted by Crippen LogP contribution is -2.34. The van der Waals surface area contributed by atoms with Gasteiger partial charge < -0.3 is 5.11 Å². The molecule has 144 valence electrons. The lowest BCUT2D eigenvalue weighted by Gasteiger charge is -2.34. The van der Waals surface area contributed by atoms with Gasteiger partial charge in [0.1, 0.15) is 0 Å². The van der Waals surface area contributed by atoms with Crippen LogP contribution in [-0.4, -0.2) is 37.7 Å². The summed E-state index contributed by atoms with van der Waals surface area (Å²) in [6.07, 6.45) is 4.48. The van der Waals surface area contributed by atoms with Crippen molar-refractivity contribution in [2.45, 2.75) is 58.4 Å². The first kappa shape index (κ1) is 18.4. The van der Waals surface area contributed by atoms with Crippen LogP contribution in [0.25, 0.3) is 4.96 Å². The lowest BCUT2D eigenvalue weighted by atomic mass is 9.96. The first-order chi connectivity index (χ1) is 13.1. The van der Waals surface area contributed by atoms with Gasteiger partial charge in [0.15, 0.2) is 5.82 Å². The molecule has 0 aliphatic carbocycles. The van der Waals surface area contributed by atoms with Gasteiger partial charge >= 0.3 is 0 Å². The second-order valence-electron chi connectivity index (χ2n) is 7.69. The van der Waals surface area contributed by atoms with E-state index in [2.05, 4.69) is 53.1 Å². The Hall–Kier alpha value is -1.92. The zero-order valence-corrected chi connectivity index (χ0v) is 17.2. The highest BCUT2D eigenvalue weighted by molar-refractivity contribution is 7.17. The van der Waals surface area contributed by atoms with Crippen LogP contribution < -0.4 is 0 Å². The van der Waals surface area contributed by atoms with Crippen molar-refractivity contribution in [3.63, 3.8) is 0 Å². The summed E-state index contributed by atoms with van der Waals surface area (Å²) < 4.78 is 1.61. The van der Waals surface area contributed by atoms with Gasteiger partial charge in [-0.1, -0.05) is 62.8 Å². The number of aryl methyl sites for hydroxylation is 1. The van der Waals surface area contributed by atoms with Crippen molar-refractivity contribution in [1.82, 2.24) is 19.5 Å². The molecule has 0 amide bonds. The summed E-state index contributed by atoms with van der Waals surface area (Å²) in [6.45, 7) is 8.58. The van der Waals surface area contributed by atoms with E-state index in [9.17, 15) is 5.11 Å². The van der Waals surface area contributed by atoms with Crippen LogP contribution in [0.15, 0.2) is 24.3 Å². The van der Waals surface area contributed by atoms with Crippen LogP contribution >= 0.6 is 11.3 Å². The van der Waals surface area contributed by atoms with Crippen molar-refractivity contribution >= 4 is 16.3 Å². The van der Waals surface area contributed by atoms with Crippen molar-refractivity contribution < 1.29 is 5.11 Å². The predicted octanol–water partition coefficient (Wildman–Crippen LogP) is 4.76. The van der Waals surface area contributed by atoms with E-state index >= 15 is 0 Å². The number of hydrogen-bond acceptors (Lipinski definition) is 5. The Bertz CT molecular complexity index is 906. The molecule has 1 N–H and O–H groups in total. The monoisotopic (exact) mass is 384 g/mol. The molecule has 4 rings (SSSR count). The van der Waals surface area contributed by atoms with E-state index in [1.165, 1.54) is 30.4 Å². The van der Waals surface area contributed by atoms with Gasteiger partial charge in [0.05, 0.1) is 10.9 Å². The molecular formula is C21H28N4OS. The van der Waals surface area contributed by atoms with Crippen molar-refractivity contribution in [2.24, 2.45) is 0 Å². The number of nitrogens with zero attached hydrogens (tertiary/aromatic N) is 4. The summed E-state index contributed by atoms with van der Waals surface area (Å²) >= 11 is 1.56. The average Bonchev–Trinajstić information content (AvgIpc) is 3.23. The van der Waals surface area contributed by atoms with E-state index in [0.717, 1.165) is 35.2 Å². The van der Waals surface area contributed by atoms with Gasteiger partial charge in [-0.15, -0.1) is 5.10 Å². The molecule has 27 heavy (non-hydrogen) atoms. The van der Waals surface area contributed by atoms with Gasteiger partial charge in [0.25, 0.3) is 0 Å². The first-order valence-electron chi connectivity index (χ1n) is 9.99. The second kappa shape index (κ2) is 7.60. The molecule has 0 saturated carbocycles. The van der Waals surface area contributed by atoms with Crippen molar-refractivity contribution in [1.29, 1.82) is 0 Å². The number of fused-ring (bicyclic) bond motifs is 1. The molecule has 2 aromatic heterocycles. The maximum Gasteiger partial charge on any atom is 0.230 e. The van der Waals surface area contributed by atoms with Crippen molar-refractivity contribution in [3.8, 4) is 5.88 Å². The molecule has 3 heterocycles. The third-order valence-corrected chi connectivity index (χ3v) is 6.56. The van der Waals surface area contributed by atoms with Gasteiger partial charge in [-0.3, -0.25) is 4.90 Å². The molecule has 0 radical (unpaired) electrons. The molecule has 0 bridgehead atoms. The average molecular weight is 385 g/mol. The molecule has 1 aliphatic heterocycles. The Kier molecular flexibility index (Phi) is 5.19. The van der Waals surface area contributed by atoms with Crippen molar-refractivity contribution in [3.05, 3.63) is 46.1 Å². The number of aromatic nitrogens is 3. The zero-order chi connectivity index (χ0) is 19.0. The first-order valence-corrected chi connectivity index (χ1v) is 10.8. The Morgan fingerprint density at radius 1 is 1.07 bits per heavy atom. The molecule has 1 aromatic carbocycles. The van der Waals surface area contributed by atoms with E-state index < -0.39 is 0 Å². The number of rotatable bonds is 5. The Morgan fingerprint density at radius 2 is 1.74 bits per heavy atom. The number of likely N-dealkylation sites (tertiary alicyclic amines) is 1. The van der Waals surface area contributed by atoms with Gasteiger partial charge in [-0.05, 0) is 43.0 Å². The second-order valence-corrected chi connectivity index (χ2v) is 8.70. The fourth-order valence-electron chi connectivity index (χ4n) is 3.89. The van der Waals surface area contributed by atoms with Crippen LogP contribution in [0.5, 0.6) is 5.88 Å². The largest absolute Gasteiger partial charge is 0.492 e. The molecule has 0 spiro atoms. The molecule has 1 atom stereocenters. The summed E-state index contributed by atoms with van der Waals surface area (Å²) in [4.78, 5) is 8.79. The third kappa shape index (κ3) is 3.48. The van der Waals surface area contributed by atoms with Crippen LogP contribution in [0.2, 0.25) is 0 Å². The number of aromatic hydroxyl groups is 1. The molecular weight excluding hydrogens is 356 g/mol. The van der Waals surface area contributed by atoms with Gasteiger partial charge in [-0.25, -0.2) is 4.98 Å². The van der Waals surface area contributed by atoms with Crippen LogP contribution in [0, 0.1) is 0 Å². The van der Waals surface area contributed by atoms with Crippen LogP contribution in [0.1, 0.15) is 73.8 Å². The molecule has 1 saturated heterocycles. The normalized spacial score (nSPS) is 17.0. The van der Waals surface area contributed by atoms with Crippen LogP contribution in [0.4, 0.5) is 0 Å². The molecule has 6 heteroatoms. The minimum absolute atomic E-state index is 0.0603. The van der Waals surface area contributed by atoms with Gasteiger partial charge in [0.2, 0.25) is 10.8 Å². The molecule has 3 aromatic rings. The predicted molar refractivity (Wildman–Crippen MR) is 110 cm³/mol. The molecule has 1 unspecified atom stereocenters. The quantitative estimate of drug-likeness (QED) is 0.689. The summed E-state index contributed by atoms with van der Waals surface area (Å²) in [6, 6.07) is 8.95. The zero-order valence-electron chi connectivity index (χ0n) is 16.4. The van der Waals surface area contributed by atoms with E-state index in [4.69, 9.17) is 0 Å². The SMILES string of the molecule is CCc1nc2sc(C(c3ccc(C(C)C)cc3)N3CCCCC3)c(O)n2n1. The van der Waals surface area contributed by atoms with E-state index in [1.807, 2.05) is 6.92 Å². The number of thiazole rings is 1. The summed E-state index contributed by atoms with van der Waals surface area (Å²) in [7, 11) is 0. The standard InChI is InChI=1S/C21H28N4OS/c1-4-17-22-21-25(23-17)20(26)19(27-21)18(24-12-6-5-7-13-24)16-10-8-15(9-11-16)14(2)3/h8-11,14,18,26H,4-7,12-13H2,1-3H3. The summed E-state index contributed by atoms with van der Waals surface area (Å²) in [5.74, 6) is 1.53. The number of benzene rings is 1.